The van der Waals surface area contributed by atoms with Gasteiger partial charge in [0, 0.05) is 19.3 Å². The summed E-state index contributed by atoms with van der Waals surface area (Å²) in [6.45, 7) is -1.09. The Morgan fingerprint density at radius 1 is 1.16 bits per heavy atom. The maximum atomic E-state index is 14.1. The van der Waals surface area contributed by atoms with Gasteiger partial charge in [-0.05, 0) is 54.3 Å². The minimum atomic E-state index is -4.47. The molecule has 2 saturated carbocycles. The van der Waals surface area contributed by atoms with Crippen LogP contribution in [0.4, 0.5) is 30.7 Å². The Hall–Kier alpha value is -3.92. The van der Waals surface area contributed by atoms with Gasteiger partial charge in [-0.2, -0.15) is 18.3 Å². The van der Waals surface area contributed by atoms with Crippen LogP contribution in [0, 0.1) is 11.8 Å². The fraction of sp³-hybridized carbons (Fsp3) is 0.593. The number of aromatic nitrogens is 4. The molecule has 3 N–H and O–H groups in total. The Morgan fingerprint density at radius 2 is 1.86 bits per heavy atom. The minimum absolute atomic E-state index is 0.000785. The molecule has 0 radical (unpaired) electrons. The average molecular weight is 635 g/mol. The van der Waals surface area contributed by atoms with Crippen LogP contribution in [0.1, 0.15) is 90.7 Å². The van der Waals surface area contributed by atoms with E-state index in [1.54, 1.807) is 6.07 Å². The van der Waals surface area contributed by atoms with Crippen molar-refractivity contribution in [3.63, 3.8) is 0 Å². The number of primary amides is 1. The molecule has 240 valence electrons. The summed E-state index contributed by atoms with van der Waals surface area (Å²) in [5, 5.41) is 10.6. The normalized spacial score (nSPS) is 18.8. The first-order chi connectivity index (χ1) is 20.7. The molecule has 0 bridgehead atoms. The van der Waals surface area contributed by atoms with Crippen molar-refractivity contribution >= 4 is 17.5 Å². The third kappa shape index (κ3) is 7.41. The fourth-order valence-electron chi connectivity index (χ4n) is 5.59. The number of nitrogens with one attached hydrogen (secondary N) is 1. The van der Waals surface area contributed by atoms with Crippen LogP contribution < -0.4 is 15.8 Å². The van der Waals surface area contributed by atoms with E-state index in [1.807, 2.05) is 0 Å². The number of carbonyl (C=O) groups excluding carboxylic acids is 2. The first-order valence-electron chi connectivity index (χ1n) is 14.0. The average Bonchev–Trinajstić information content (AvgIpc) is 3.55. The van der Waals surface area contributed by atoms with Crippen LogP contribution in [-0.4, -0.2) is 56.7 Å². The SMILES string of the molecule is NC(=O)c1c(OCC(F)F)noc1[C@H](c1cn2ncc([C@H](NC(=O)CCC(F)(F)F)C3CC3)cc2n1)C1CCC(F)(F)CC1. The van der Waals surface area contributed by atoms with E-state index in [1.165, 1.54) is 16.9 Å². The number of fused-ring (bicyclic) bond motifs is 1. The summed E-state index contributed by atoms with van der Waals surface area (Å²) in [6.07, 6.45) is -5.80. The van der Waals surface area contributed by atoms with E-state index in [4.69, 9.17) is 15.0 Å². The number of rotatable bonds is 12. The quantitative estimate of drug-likeness (QED) is 0.257. The highest BCUT2D eigenvalue weighted by Gasteiger charge is 2.43. The highest BCUT2D eigenvalue weighted by molar-refractivity contribution is 5.96. The Morgan fingerprint density at radius 3 is 2.48 bits per heavy atom. The number of imidazole rings is 1. The van der Waals surface area contributed by atoms with Gasteiger partial charge < -0.3 is 20.3 Å². The highest BCUT2D eigenvalue weighted by Crippen LogP contribution is 2.47. The second-order valence-corrected chi connectivity index (χ2v) is 11.2. The first kappa shape index (κ1) is 31.5. The molecule has 0 unspecified atom stereocenters. The van der Waals surface area contributed by atoms with Crippen LogP contribution in [0.25, 0.3) is 5.65 Å². The number of ether oxygens (including phenoxy) is 1. The second kappa shape index (κ2) is 12.2. The number of nitrogens with zero attached hydrogens (tertiary/aromatic N) is 4. The fourth-order valence-corrected chi connectivity index (χ4v) is 5.59. The van der Waals surface area contributed by atoms with Gasteiger partial charge in [0.05, 0.1) is 36.5 Å². The zero-order chi connectivity index (χ0) is 31.8. The van der Waals surface area contributed by atoms with E-state index in [0.717, 1.165) is 12.8 Å². The van der Waals surface area contributed by atoms with E-state index >= 15 is 0 Å². The Kier molecular flexibility index (Phi) is 8.75. The molecule has 10 nitrogen and oxygen atoms in total. The first-order valence-corrected chi connectivity index (χ1v) is 14.0. The number of amides is 2. The summed E-state index contributed by atoms with van der Waals surface area (Å²) in [6, 6.07) is 0.998. The molecular formula is C27H29F7N6O4. The van der Waals surface area contributed by atoms with Crippen LogP contribution in [-0.2, 0) is 4.79 Å². The zero-order valence-corrected chi connectivity index (χ0v) is 23.1. The van der Waals surface area contributed by atoms with E-state index < -0.39 is 91.9 Å². The molecule has 3 aromatic rings. The van der Waals surface area contributed by atoms with E-state index in [-0.39, 0.29) is 35.9 Å². The van der Waals surface area contributed by atoms with Gasteiger partial charge in [-0.15, -0.1) is 0 Å². The molecule has 0 aliphatic heterocycles. The van der Waals surface area contributed by atoms with Crippen molar-refractivity contribution in [3.05, 3.63) is 41.0 Å². The molecule has 0 aromatic carbocycles. The van der Waals surface area contributed by atoms with Crippen molar-refractivity contribution < 1.29 is 49.6 Å². The smallest absolute Gasteiger partial charge is 0.389 e. The van der Waals surface area contributed by atoms with Crippen LogP contribution in [0.5, 0.6) is 5.88 Å². The standard InChI is InChI=1S/C27H29F7N6O4/c28-17(29)12-43-25-21(24(35)42)23(44-39-25)20(13-3-6-26(30,31)7-4-13)16-11-40-18(37-16)9-15(10-36-40)22(14-1-2-14)38-19(41)5-8-27(32,33)34/h9-11,13-14,17,20,22H,1-8,12H2,(H2,35,42)(H,38,41)/t20-,22+/m0/s1. The van der Waals surface area contributed by atoms with Gasteiger partial charge in [-0.1, -0.05) is 0 Å². The highest BCUT2D eigenvalue weighted by atomic mass is 19.4. The van der Waals surface area contributed by atoms with Gasteiger partial charge in [-0.3, -0.25) is 9.59 Å². The second-order valence-electron chi connectivity index (χ2n) is 11.2. The molecule has 17 heteroatoms. The van der Waals surface area contributed by atoms with Crippen molar-refractivity contribution in [2.24, 2.45) is 17.6 Å². The third-order valence-electron chi connectivity index (χ3n) is 7.88. The third-order valence-corrected chi connectivity index (χ3v) is 7.88. The topological polar surface area (TPSA) is 138 Å². The summed E-state index contributed by atoms with van der Waals surface area (Å²) >= 11 is 0. The maximum absolute atomic E-state index is 14.1. The zero-order valence-electron chi connectivity index (χ0n) is 23.1. The van der Waals surface area contributed by atoms with E-state index in [2.05, 4.69) is 20.6 Å². The van der Waals surface area contributed by atoms with Gasteiger partial charge in [0.25, 0.3) is 18.2 Å². The number of hydrogen-bond acceptors (Lipinski definition) is 7. The van der Waals surface area contributed by atoms with Crippen LogP contribution in [0.15, 0.2) is 23.0 Å². The number of carbonyl (C=O) groups is 2. The Balaban J connectivity index is 1.48. The molecule has 2 aliphatic rings. The van der Waals surface area contributed by atoms with E-state index in [0.29, 0.717) is 5.56 Å². The lowest BCUT2D eigenvalue weighted by Gasteiger charge is -2.32. The predicted molar refractivity (Wildman–Crippen MR) is 137 cm³/mol. The lowest BCUT2D eigenvalue weighted by molar-refractivity contribution is -0.144. The monoisotopic (exact) mass is 634 g/mol. The van der Waals surface area contributed by atoms with Gasteiger partial charge in [-0.25, -0.2) is 27.1 Å². The van der Waals surface area contributed by atoms with E-state index in [9.17, 15) is 40.3 Å². The van der Waals surface area contributed by atoms with Crippen LogP contribution in [0.3, 0.4) is 0 Å². The molecule has 3 heterocycles. The summed E-state index contributed by atoms with van der Waals surface area (Å²) in [5.41, 5.74) is 6.13. The molecule has 2 aliphatic carbocycles. The number of nitrogens with two attached hydrogens (primary N) is 1. The summed E-state index contributed by atoms with van der Waals surface area (Å²) in [7, 11) is 0. The van der Waals surface area contributed by atoms with Crippen molar-refractivity contribution in [1.82, 2.24) is 25.1 Å². The van der Waals surface area contributed by atoms with Crippen molar-refractivity contribution in [3.8, 4) is 5.88 Å². The number of alkyl halides is 7. The minimum Gasteiger partial charge on any atom is -0.469 e. The number of hydrogen-bond donors (Lipinski definition) is 2. The molecule has 2 fully saturated rings. The predicted octanol–water partition coefficient (Wildman–Crippen LogP) is 5.33. The summed E-state index contributed by atoms with van der Waals surface area (Å²) in [4.78, 5) is 29.3. The Labute approximate surface area is 245 Å². The van der Waals surface area contributed by atoms with Crippen LogP contribution >= 0.6 is 0 Å². The molecule has 5 rings (SSSR count). The molecule has 44 heavy (non-hydrogen) atoms. The lowest BCUT2D eigenvalue weighted by atomic mass is 9.75. The molecule has 0 saturated heterocycles. The largest absolute Gasteiger partial charge is 0.469 e. The molecule has 2 amide bonds. The van der Waals surface area contributed by atoms with Crippen molar-refractivity contribution in [2.45, 2.75) is 81.9 Å². The van der Waals surface area contributed by atoms with Crippen molar-refractivity contribution in [1.29, 1.82) is 0 Å². The summed E-state index contributed by atoms with van der Waals surface area (Å²) in [5.74, 6) is -6.97. The Bertz CT molecular complexity index is 1490. The molecular weight excluding hydrogens is 605 g/mol. The molecule has 0 spiro atoms. The number of halogens is 7. The maximum Gasteiger partial charge on any atom is 0.389 e. The van der Waals surface area contributed by atoms with Gasteiger partial charge in [0.2, 0.25) is 11.8 Å². The van der Waals surface area contributed by atoms with Gasteiger partial charge in [0.15, 0.2) is 18.0 Å². The summed E-state index contributed by atoms with van der Waals surface area (Å²) < 4.78 is 103. The van der Waals surface area contributed by atoms with Gasteiger partial charge >= 0.3 is 6.18 Å². The molecule has 2 atom stereocenters. The van der Waals surface area contributed by atoms with Crippen LogP contribution in [0.2, 0.25) is 0 Å². The van der Waals surface area contributed by atoms with Crippen molar-refractivity contribution in [2.75, 3.05) is 6.61 Å². The van der Waals surface area contributed by atoms with Gasteiger partial charge in [0.1, 0.15) is 5.56 Å². The molecule has 3 aromatic heterocycles. The lowest BCUT2D eigenvalue weighted by Crippen LogP contribution is -2.30.